The van der Waals surface area contributed by atoms with Gasteiger partial charge in [-0.2, -0.15) is 5.10 Å². The van der Waals surface area contributed by atoms with Gasteiger partial charge in [0.05, 0.1) is 23.0 Å². The molecule has 0 saturated heterocycles. The predicted octanol–water partition coefficient (Wildman–Crippen LogP) is 5.59. The van der Waals surface area contributed by atoms with E-state index in [1.165, 1.54) is 16.6 Å². The largest absolute Gasteiger partial charge is 0.272 e. The Balaban J connectivity index is 1.41. The van der Waals surface area contributed by atoms with E-state index >= 15 is 0 Å². The van der Waals surface area contributed by atoms with Gasteiger partial charge in [-0.3, -0.25) is 14.2 Å². The molecule has 0 spiro atoms. The monoisotopic (exact) mass is 572 g/mol. The van der Waals surface area contributed by atoms with Gasteiger partial charge < -0.3 is 0 Å². The van der Waals surface area contributed by atoms with Gasteiger partial charge >= 0.3 is 0 Å². The van der Waals surface area contributed by atoms with Crippen molar-refractivity contribution in [3.63, 3.8) is 0 Å². The Kier molecular flexibility index (Phi) is 6.87. The molecule has 0 unspecified atom stereocenters. The number of benzene rings is 2. The van der Waals surface area contributed by atoms with Crippen LogP contribution in [0.2, 0.25) is 5.02 Å². The van der Waals surface area contributed by atoms with Crippen molar-refractivity contribution in [2.75, 3.05) is 5.75 Å². The number of thioether (sulfide) groups is 1. The second-order valence-electron chi connectivity index (χ2n) is 7.68. The Morgan fingerprint density at radius 2 is 1.97 bits per heavy atom. The molecule has 6 nitrogen and oxygen atoms in total. The average molecular weight is 574 g/mol. The number of hydrogen-bond acceptors (Lipinski definition) is 6. The molecule has 1 N–H and O–H groups in total. The molecule has 0 saturated carbocycles. The molecule has 2 aromatic heterocycles. The van der Waals surface area contributed by atoms with Crippen LogP contribution in [0.4, 0.5) is 0 Å². The number of hydrogen-bond donors (Lipinski definition) is 1. The van der Waals surface area contributed by atoms with Crippen molar-refractivity contribution in [2.45, 2.75) is 24.4 Å². The minimum atomic E-state index is -0.288. The van der Waals surface area contributed by atoms with E-state index in [0.29, 0.717) is 21.3 Å². The van der Waals surface area contributed by atoms with Gasteiger partial charge in [0.2, 0.25) is 0 Å². The van der Waals surface area contributed by atoms with Crippen molar-refractivity contribution in [1.82, 2.24) is 15.0 Å². The topological polar surface area (TPSA) is 76.3 Å². The van der Waals surface area contributed by atoms with E-state index in [1.54, 1.807) is 46.4 Å². The van der Waals surface area contributed by atoms with Gasteiger partial charge in [0.1, 0.15) is 4.83 Å². The van der Waals surface area contributed by atoms with Crippen molar-refractivity contribution >= 4 is 73.0 Å². The average Bonchev–Trinajstić information content (AvgIpc) is 3.41. The van der Waals surface area contributed by atoms with Gasteiger partial charge in [-0.05, 0) is 66.8 Å². The molecular weight excluding hydrogens is 556 g/mol. The maximum atomic E-state index is 13.6. The minimum absolute atomic E-state index is 0.0638. The quantitative estimate of drug-likeness (QED) is 0.141. The summed E-state index contributed by atoms with van der Waals surface area (Å²) in [7, 11) is 0. The van der Waals surface area contributed by atoms with Crippen LogP contribution in [-0.2, 0) is 17.6 Å². The van der Waals surface area contributed by atoms with E-state index in [-0.39, 0.29) is 17.2 Å². The summed E-state index contributed by atoms with van der Waals surface area (Å²) in [6.45, 7) is 0. The van der Waals surface area contributed by atoms with E-state index in [0.717, 1.165) is 39.7 Å². The molecule has 5 rings (SSSR count). The molecule has 2 aromatic carbocycles. The lowest BCUT2D eigenvalue weighted by atomic mass is 10.2. The number of aromatic nitrogens is 2. The molecule has 1 amide bonds. The SMILES string of the molecule is O=C(CSc1nc2sc3c(c2c(=O)n1-c1ccc(Cl)cc1)CCC3)NN=Cc1ccc(Br)cc1. The van der Waals surface area contributed by atoms with E-state index in [9.17, 15) is 9.59 Å². The van der Waals surface area contributed by atoms with Crippen molar-refractivity contribution in [3.05, 3.63) is 84.4 Å². The zero-order chi connectivity index (χ0) is 23.7. The summed E-state index contributed by atoms with van der Waals surface area (Å²) in [5.74, 6) is -0.224. The molecule has 4 aromatic rings. The molecule has 0 bridgehead atoms. The molecule has 0 radical (unpaired) electrons. The molecular formula is C24H18BrClN4O2S2. The van der Waals surface area contributed by atoms with Gasteiger partial charge in [0.15, 0.2) is 5.16 Å². The minimum Gasteiger partial charge on any atom is -0.272 e. The lowest BCUT2D eigenvalue weighted by Crippen LogP contribution is -2.24. The van der Waals surface area contributed by atoms with Crippen molar-refractivity contribution < 1.29 is 4.79 Å². The van der Waals surface area contributed by atoms with Crippen LogP contribution in [0.25, 0.3) is 15.9 Å². The van der Waals surface area contributed by atoms with Gasteiger partial charge in [-0.25, -0.2) is 10.4 Å². The summed E-state index contributed by atoms with van der Waals surface area (Å²) in [6.07, 6.45) is 4.53. The fourth-order valence-electron chi connectivity index (χ4n) is 3.83. The van der Waals surface area contributed by atoms with Gasteiger partial charge in [-0.15, -0.1) is 11.3 Å². The van der Waals surface area contributed by atoms with Crippen LogP contribution >= 0.6 is 50.6 Å². The first-order valence-corrected chi connectivity index (χ1v) is 13.5. The van der Waals surface area contributed by atoms with Crippen molar-refractivity contribution in [2.24, 2.45) is 5.10 Å². The Bertz CT molecular complexity index is 1460. The summed E-state index contributed by atoms with van der Waals surface area (Å²) in [4.78, 5) is 32.8. The summed E-state index contributed by atoms with van der Waals surface area (Å²) >= 11 is 12.2. The molecule has 0 atom stereocenters. The lowest BCUT2D eigenvalue weighted by molar-refractivity contribution is -0.118. The van der Waals surface area contributed by atoms with Crippen LogP contribution in [0.3, 0.4) is 0 Å². The highest BCUT2D eigenvalue weighted by atomic mass is 79.9. The molecule has 1 aliphatic rings. The standard InChI is InChI=1S/C24H18BrClN4O2S2/c25-15-6-4-14(5-7-15)12-27-29-20(31)13-33-24-28-22-21(18-2-1-3-19(18)34-22)23(32)30(24)17-10-8-16(26)9-11-17/h4-12H,1-3,13H2,(H,29,31). The van der Waals surface area contributed by atoms with E-state index in [2.05, 4.69) is 26.5 Å². The normalized spacial score (nSPS) is 13.0. The molecule has 34 heavy (non-hydrogen) atoms. The number of nitrogens with one attached hydrogen (secondary N) is 1. The first kappa shape index (κ1) is 23.3. The molecule has 10 heteroatoms. The van der Waals surface area contributed by atoms with Crippen LogP contribution in [0.1, 0.15) is 22.4 Å². The highest BCUT2D eigenvalue weighted by molar-refractivity contribution is 9.10. The third kappa shape index (κ3) is 4.84. The third-order valence-electron chi connectivity index (χ3n) is 5.40. The van der Waals surface area contributed by atoms with Crippen LogP contribution in [0.15, 0.2) is 68.1 Å². The zero-order valence-corrected chi connectivity index (χ0v) is 21.7. The first-order valence-electron chi connectivity index (χ1n) is 10.5. The number of rotatable bonds is 6. The van der Waals surface area contributed by atoms with Crippen LogP contribution in [-0.4, -0.2) is 27.4 Å². The van der Waals surface area contributed by atoms with Gasteiger partial charge in [0, 0.05) is 14.4 Å². The molecule has 0 aliphatic heterocycles. The molecule has 0 fully saturated rings. The molecule has 1 aliphatic carbocycles. The highest BCUT2D eigenvalue weighted by Gasteiger charge is 2.24. The number of thiophene rings is 1. The smallest absolute Gasteiger partial charge is 0.267 e. The number of nitrogens with zero attached hydrogens (tertiary/aromatic N) is 3. The fourth-order valence-corrected chi connectivity index (χ4v) is 6.33. The molecule has 2 heterocycles. The van der Waals surface area contributed by atoms with E-state index in [4.69, 9.17) is 16.6 Å². The van der Waals surface area contributed by atoms with Gasteiger partial charge in [-0.1, -0.05) is 51.4 Å². The van der Waals surface area contributed by atoms with Crippen LogP contribution < -0.4 is 11.0 Å². The first-order chi connectivity index (χ1) is 16.5. The lowest BCUT2D eigenvalue weighted by Gasteiger charge is -2.12. The number of halogens is 2. The maximum Gasteiger partial charge on any atom is 0.267 e. The van der Waals surface area contributed by atoms with Crippen LogP contribution in [0, 0.1) is 0 Å². The second kappa shape index (κ2) is 10.0. The number of hydrazone groups is 1. The molecule has 172 valence electrons. The van der Waals surface area contributed by atoms with Gasteiger partial charge in [0.25, 0.3) is 11.5 Å². The Hall–Kier alpha value is -2.46. The number of amides is 1. The van der Waals surface area contributed by atoms with Crippen LogP contribution in [0.5, 0.6) is 0 Å². The highest BCUT2D eigenvalue weighted by Crippen LogP contribution is 2.36. The van der Waals surface area contributed by atoms with Crippen molar-refractivity contribution in [3.8, 4) is 5.69 Å². The maximum absolute atomic E-state index is 13.6. The second-order valence-corrected chi connectivity index (χ2v) is 11.1. The Morgan fingerprint density at radius 1 is 1.21 bits per heavy atom. The van der Waals surface area contributed by atoms with E-state index in [1.807, 2.05) is 24.3 Å². The number of fused-ring (bicyclic) bond motifs is 3. The van der Waals surface area contributed by atoms with Crippen molar-refractivity contribution in [1.29, 1.82) is 0 Å². The summed E-state index contributed by atoms with van der Waals surface area (Å²) in [5, 5.41) is 5.76. The Morgan fingerprint density at radius 3 is 2.74 bits per heavy atom. The third-order valence-corrected chi connectivity index (χ3v) is 8.30. The Labute approximate surface area is 217 Å². The van der Waals surface area contributed by atoms with E-state index < -0.39 is 0 Å². The number of carbonyl (C=O) groups excluding carboxylic acids is 1. The zero-order valence-electron chi connectivity index (χ0n) is 17.8. The summed E-state index contributed by atoms with van der Waals surface area (Å²) < 4.78 is 2.55. The number of aryl methyl sites for hydroxylation is 2. The fraction of sp³-hybridized carbons (Fsp3) is 0.167. The summed E-state index contributed by atoms with van der Waals surface area (Å²) in [6, 6.07) is 14.6. The predicted molar refractivity (Wildman–Crippen MR) is 143 cm³/mol. The summed E-state index contributed by atoms with van der Waals surface area (Å²) in [5.41, 5.74) is 5.08. The number of carbonyl (C=O) groups is 1.